The molecule has 21 heavy (non-hydrogen) atoms. The Kier molecular flexibility index (Phi) is 10.8. The van der Waals surface area contributed by atoms with Crippen LogP contribution in [0.4, 0.5) is 14.5 Å². The Labute approximate surface area is 138 Å². The first-order valence-corrected chi connectivity index (χ1v) is 7.55. The van der Waals surface area contributed by atoms with Gasteiger partial charge >= 0.3 is 0 Å². The molecule has 0 saturated carbocycles. The van der Waals surface area contributed by atoms with E-state index in [2.05, 4.69) is 10.6 Å². The molecule has 0 aliphatic carbocycles. The number of carbonyl (C=O) groups is 1. The second-order valence-electron chi connectivity index (χ2n) is 4.07. The smallest absolute Gasteiger partial charge is 0.247 e. The minimum absolute atomic E-state index is 0. The fraction of sp³-hybridized carbons (Fsp3) is 0.462. The molecular weight excluding hydrogens is 341 g/mol. The Balaban J connectivity index is 0.00000400. The predicted molar refractivity (Wildman–Crippen MR) is 87.2 cm³/mol. The van der Waals surface area contributed by atoms with Crippen LogP contribution in [-0.2, 0) is 4.79 Å². The maximum absolute atomic E-state index is 12.3. The van der Waals surface area contributed by atoms with Crippen molar-refractivity contribution in [2.24, 2.45) is 0 Å². The molecule has 0 radical (unpaired) electrons. The number of anilines is 1. The number of hydrogen-bond donors (Lipinski definition) is 2. The average Bonchev–Trinajstić information content (AvgIpc) is 2.38. The van der Waals surface area contributed by atoms with Gasteiger partial charge in [-0.2, -0.15) is 0 Å². The summed E-state index contributed by atoms with van der Waals surface area (Å²) < 4.78 is 24.6. The number of halogens is 4. The van der Waals surface area contributed by atoms with Gasteiger partial charge in [-0.15, -0.1) is 24.2 Å². The van der Waals surface area contributed by atoms with Crippen LogP contribution in [0.15, 0.2) is 23.1 Å². The van der Waals surface area contributed by atoms with E-state index >= 15 is 0 Å². The van der Waals surface area contributed by atoms with Gasteiger partial charge in [-0.3, -0.25) is 4.79 Å². The van der Waals surface area contributed by atoms with Crippen LogP contribution in [0.2, 0.25) is 5.02 Å². The van der Waals surface area contributed by atoms with E-state index in [0.717, 1.165) is 18.3 Å². The third-order valence-corrected chi connectivity index (χ3v) is 4.00. The van der Waals surface area contributed by atoms with Crippen LogP contribution in [0.3, 0.4) is 0 Å². The predicted octanol–water partition coefficient (Wildman–Crippen LogP) is 4.06. The normalized spacial score (nSPS) is 10.3. The van der Waals surface area contributed by atoms with E-state index in [-0.39, 0.29) is 24.1 Å². The molecule has 1 rings (SSSR count). The zero-order valence-electron chi connectivity index (χ0n) is 11.5. The summed E-state index contributed by atoms with van der Waals surface area (Å²) in [6, 6.07) is 4.96. The first kappa shape index (κ1) is 20.4. The Morgan fingerprint density at radius 3 is 2.76 bits per heavy atom. The lowest BCUT2D eigenvalue weighted by Crippen LogP contribution is -2.15. The highest BCUT2D eigenvalue weighted by molar-refractivity contribution is 7.99. The molecule has 0 saturated heterocycles. The molecule has 0 aliphatic rings. The molecule has 1 aromatic carbocycles. The van der Waals surface area contributed by atoms with Crippen molar-refractivity contribution in [2.45, 2.75) is 24.2 Å². The van der Waals surface area contributed by atoms with Crippen molar-refractivity contribution in [1.29, 1.82) is 0 Å². The van der Waals surface area contributed by atoms with E-state index in [1.54, 1.807) is 18.2 Å². The summed E-state index contributed by atoms with van der Waals surface area (Å²) in [4.78, 5) is 12.2. The number of amides is 1. The average molecular weight is 359 g/mol. The highest BCUT2D eigenvalue weighted by Gasteiger charge is 2.13. The Hall–Kier alpha value is -0.560. The molecule has 1 aromatic rings. The summed E-state index contributed by atoms with van der Waals surface area (Å²) in [5, 5.41) is 6.03. The summed E-state index contributed by atoms with van der Waals surface area (Å²) in [6.45, 7) is 0.746. The number of rotatable bonds is 8. The zero-order valence-corrected chi connectivity index (χ0v) is 13.9. The van der Waals surface area contributed by atoms with Gasteiger partial charge in [-0.1, -0.05) is 17.7 Å². The minimum Gasteiger partial charge on any atom is -0.325 e. The van der Waals surface area contributed by atoms with Crippen LogP contribution in [-0.4, -0.2) is 31.7 Å². The molecule has 0 atom stereocenters. The molecule has 0 unspecified atom stereocenters. The van der Waals surface area contributed by atoms with E-state index in [9.17, 15) is 13.6 Å². The SMILES string of the molecule is CNCCCC(=O)Nc1cccc(Cl)c1SCC(F)F.Cl. The molecule has 0 fully saturated rings. The van der Waals surface area contributed by atoms with E-state index < -0.39 is 6.43 Å². The van der Waals surface area contributed by atoms with E-state index in [4.69, 9.17) is 11.6 Å². The highest BCUT2D eigenvalue weighted by Crippen LogP contribution is 2.35. The number of alkyl halides is 2. The molecule has 3 nitrogen and oxygen atoms in total. The molecular formula is C13H18Cl2F2N2OS. The molecule has 0 aromatic heterocycles. The van der Waals surface area contributed by atoms with Gasteiger partial charge < -0.3 is 10.6 Å². The number of thioether (sulfide) groups is 1. The third kappa shape index (κ3) is 7.85. The summed E-state index contributed by atoms with van der Waals surface area (Å²) in [7, 11) is 1.81. The van der Waals surface area contributed by atoms with Crippen molar-refractivity contribution >= 4 is 47.4 Å². The lowest BCUT2D eigenvalue weighted by molar-refractivity contribution is -0.116. The van der Waals surface area contributed by atoms with E-state index in [1.807, 2.05) is 7.05 Å². The quantitative estimate of drug-likeness (QED) is 0.543. The molecule has 0 spiro atoms. The molecule has 0 aliphatic heterocycles. The summed E-state index contributed by atoms with van der Waals surface area (Å²) in [5.41, 5.74) is 0.484. The van der Waals surface area contributed by atoms with Crippen LogP contribution in [0.25, 0.3) is 0 Å². The fourth-order valence-electron chi connectivity index (χ4n) is 1.54. The second kappa shape index (κ2) is 11.1. The topological polar surface area (TPSA) is 41.1 Å². The van der Waals surface area contributed by atoms with E-state index in [0.29, 0.717) is 28.4 Å². The number of benzene rings is 1. The van der Waals surface area contributed by atoms with Gasteiger partial charge in [0, 0.05) is 11.3 Å². The summed E-state index contributed by atoms with van der Waals surface area (Å²) in [6.07, 6.45) is -1.34. The van der Waals surface area contributed by atoms with Gasteiger partial charge in [0.1, 0.15) is 0 Å². The van der Waals surface area contributed by atoms with Crippen molar-refractivity contribution in [3.05, 3.63) is 23.2 Å². The van der Waals surface area contributed by atoms with Crippen molar-refractivity contribution < 1.29 is 13.6 Å². The van der Waals surface area contributed by atoms with Gasteiger partial charge in [0.25, 0.3) is 0 Å². The van der Waals surface area contributed by atoms with E-state index in [1.165, 1.54) is 0 Å². The minimum atomic E-state index is -2.42. The standard InChI is InChI=1S/C13H17ClF2N2OS.ClH/c1-17-7-3-6-12(19)18-10-5-2-4-9(14)13(10)20-8-11(15)16;/h2,4-5,11,17H,3,6-8H2,1H3,(H,18,19);1H. The monoisotopic (exact) mass is 358 g/mol. The first-order valence-electron chi connectivity index (χ1n) is 6.18. The number of hydrogen-bond acceptors (Lipinski definition) is 3. The van der Waals surface area contributed by atoms with Crippen molar-refractivity contribution in [2.75, 3.05) is 24.7 Å². The molecule has 120 valence electrons. The largest absolute Gasteiger partial charge is 0.325 e. The number of nitrogens with one attached hydrogen (secondary N) is 2. The Morgan fingerprint density at radius 2 is 2.14 bits per heavy atom. The zero-order chi connectivity index (χ0) is 15.0. The summed E-state index contributed by atoms with van der Waals surface area (Å²) in [5.74, 6) is -0.506. The fourth-order valence-corrected chi connectivity index (χ4v) is 2.65. The van der Waals surface area contributed by atoms with Crippen LogP contribution in [0.5, 0.6) is 0 Å². The lowest BCUT2D eigenvalue weighted by atomic mass is 10.2. The van der Waals surface area contributed by atoms with Gasteiger partial charge in [0.15, 0.2) is 0 Å². The molecule has 1 amide bonds. The van der Waals surface area contributed by atoms with Crippen LogP contribution >= 0.6 is 35.8 Å². The molecule has 2 N–H and O–H groups in total. The third-order valence-electron chi connectivity index (χ3n) is 2.43. The van der Waals surface area contributed by atoms with Crippen molar-refractivity contribution in [1.82, 2.24) is 5.32 Å². The van der Waals surface area contributed by atoms with Crippen molar-refractivity contribution in [3.63, 3.8) is 0 Å². The summed E-state index contributed by atoms with van der Waals surface area (Å²) >= 11 is 6.94. The maximum atomic E-state index is 12.3. The second-order valence-corrected chi connectivity index (χ2v) is 5.51. The van der Waals surface area contributed by atoms with Gasteiger partial charge in [-0.05, 0) is 32.1 Å². The Bertz CT molecular complexity index is 450. The Morgan fingerprint density at radius 1 is 1.43 bits per heavy atom. The maximum Gasteiger partial charge on any atom is 0.247 e. The first-order chi connectivity index (χ1) is 9.54. The molecule has 0 bridgehead atoms. The van der Waals surface area contributed by atoms with Crippen LogP contribution in [0.1, 0.15) is 12.8 Å². The number of carbonyl (C=O) groups excluding carboxylic acids is 1. The van der Waals surface area contributed by atoms with Gasteiger partial charge in [-0.25, -0.2) is 8.78 Å². The molecule has 8 heteroatoms. The van der Waals surface area contributed by atoms with Gasteiger partial charge in [0.2, 0.25) is 12.3 Å². The molecule has 0 heterocycles. The van der Waals surface area contributed by atoms with Gasteiger partial charge in [0.05, 0.1) is 16.5 Å². The lowest BCUT2D eigenvalue weighted by Gasteiger charge is -2.12. The van der Waals surface area contributed by atoms with Crippen LogP contribution < -0.4 is 10.6 Å². The van der Waals surface area contributed by atoms with Crippen molar-refractivity contribution in [3.8, 4) is 0 Å². The van der Waals surface area contributed by atoms with Crippen LogP contribution in [0, 0.1) is 0 Å². The highest BCUT2D eigenvalue weighted by atomic mass is 35.5.